The summed E-state index contributed by atoms with van der Waals surface area (Å²) in [5.41, 5.74) is 0.852. The van der Waals surface area contributed by atoms with Crippen LogP contribution < -0.4 is 5.32 Å². The summed E-state index contributed by atoms with van der Waals surface area (Å²) in [7, 11) is 1.82. The Balaban J connectivity index is 0.00000192. The number of morpholine rings is 1. The highest BCUT2D eigenvalue weighted by Crippen LogP contribution is 2.27. The van der Waals surface area contributed by atoms with Crippen LogP contribution in [0.3, 0.4) is 0 Å². The van der Waals surface area contributed by atoms with Crippen LogP contribution in [0.15, 0.2) is 34.7 Å². The van der Waals surface area contributed by atoms with Crippen molar-refractivity contribution >= 4 is 29.3 Å². The highest BCUT2D eigenvalue weighted by molar-refractivity contribution is 5.85. The van der Waals surface area contributed by atoms with Crippen LogP contribution in [0, 0.1) is 0 Å². The second-order valence-electron chi connectivity index (χ2n) is 5.77. The fourth-order valence-corrected chi connectivity index (χ4v) is 2.70. The maximum absolute atomic E-state index is 12.4. The number of fused-ring (bicyclic) bond motifs is 1. The lowest BCUT2D eigenvalue weighted by molar-refractivity contribution is -0.135. The van der Waals surface area contributed by atoms with E-state index in [1.807, 2.05) is 44.3 Å². The SMILES string of the molecule is CC(c1cc2ccccc2o1)N(C)C(=O)CC1CNCCO1.Cl. The molecule has 0 radical (unpaired) electrons. The molecule has 2 heterocycles. The standard InChI is InChI=1S/C17H22N2O3.ClH/c1-12(16-9-13-5-3-4-6-15(13)22-16)19(2)17(20)10-14-11-18-7-8-21-14;/h3-6,9,12,14,18H,7-8,10-11H2,1-2H3;1H. The van der Waals surface area contributed by atoms with E-state index in [-0.39, 0.29) is 30.5 Å². The van der Waals surface area contributed by atoms with E-state index in [0.29, 0.717) is 13.0 Å². The van der Waals surface area contributed by atoms with Gasteiger partial charge < -0.3 is 19.4 Å². The van der Waals surface area contributed by atoms with Gasteiger partial charge in [-0.1, -0.05) is 18.2 Å². The summed E-state index contributed by atoms with van der Waals surface area (Å²) in [6.45, 7) is 4.24. The van der Waals surface area contributed by atoms with Crippen LogP contribution in [0.4, 0.5) is 0 Å². The molecule has 2 unspecified atom stereocenters. The van der Waals surface area contributed by atoms with Gasteiger partial charge in [0.15, 0.2) is 0 Å². The number of carbonyl (C=O) groups excluding carboxylic acids is 1. The van der Waals surface area contributed by atoms with Crippen molar-refractivity contribution in [3.8, 4) is 0 Å². The third-order valence-corrected chi connectivity index (χ3v) is 4.24. The van der Waals surface area contributed by atoms with Gasteiger partial charge in [0.25, 0.3) is 0 Å². The number of furan rings is 1. The third-order valence-electron chi connectivity index (χ3n) is 4.24. The van der Waals surface area contributed by atoms with Gasteiger partial charge in [0.05, 0.1) is 25.2 Å². The molecule has 1 saturated heterocycles. The van der Waals surface area contributed by atoms with Crippen LogP contribution in [0.5, 0.6) is 0 Å². The fraction of sp³-hybridized carbons (Fsp3) is 0.471. The highest BCUT2D eigenvalue weighted by Gasteiger charge is 2.24. The average Bonchev–Trinajstić information content (AvgIpc) is 2.98. The van der Waals surface area contributed by atoms with Gasteiger partial charge in [0.1, 0.15) is 11.3 Å². The maximum Gasteiger partial charge on any atom is 0.225 e. The molecule has 126 valence electrons. The minimum atomic E-state index is -0.101. The predicted octanol–water partition coefficient (Wildman–Crippen LogP) is 2.75. The monoisotopic (exact) mass is 338 g/mol. The molecule has 1 aromatic carbocycles. The van der Waals surface area contributed by atoms with Crippen molar-refractivity contribution in [2.45, 2.75) is 25.5 Å². The molecule has 3 rings (SSSR count). The zero-order valence-corrected chi connectivity index (χ0v) is 14.3. The van der Waals surface area contributed by atoms with E-state index in [1.54, 1.807) is 4.90 Å². The van der Waals surface area contributed by atoms with Gasteiger partial charge in [-0.05, 0) is 19.1 Å². The molecule has 23 heavy (non-hydrogen) atoms. The number of benzene rings is 1. The molecule has 0 saturated carbocycles. The van der Waals surface area contributed by atoms with Crippen LogP contribution in [-0.2, 0) is 9.53 Å². The average molecular weight is 339 g/mol. The zero-order chi connectivity index (χ0) is 15.5. The summed E-state index contributed by atoms with van der Waals surface area (Å²) < 4.78 is 11.5. The van der Waals surface area contributed by atoms with Gasteiger partial charge in [-0.15, -0.1) is 12.4 Å². The molecule has 6 heteroatoms. The Morgan fingerprint density at radius 3 is 2.91 bits per heavy atom. The topological polar surface area (TPSA) is 54.7 Å². The lowest BCUT2D eigenvalue weighted by Gasteiger charge is -2.28. The van der Waals surface area contributed by atoms with Gasteiger partial charge in [0.2, 0.25) is 5.91 Å². The van der Waals surface area contributed by atoms with E-state index in [1.165, 1.54) is 0 Å². The number of rotatable bonds is 4. The highest BCUT2D eigenvalue weighted by atomic mass is 35.5. The molecule has 0 spiro atoms. The van der Waals surface area contributed by atoms with Gasteiger partial charge in [0, 0.05) is 25.5 Å². The van der Waals surface area contributed by atoms with Crippen LogP contribution in [0.2, 0.25) is 0 Å². The molecule has 2 atom stereocenters. The van der Waals surface area contributed by atoms with Crippen molar-refractivity contribution in [1.82, 2.24) is 10.2 Å². The first-order valence-corrected chi connectivity index (χ1v) is 7.71. The lowest BCUT2D eigenvalue weighted by atomic mass is 10.1. The van der Waals surface area contributed by atoms with Gasteiger partial charge >= 0.3 is 0 Å². The Bertz CT molecular complexity index is 619. The minimum absolute atomic E-state index is 0. The van der Waals surface area contributed by atoms with Crippen LogP contribution in [-0.4, -0.2) is 43.7 Å². The molecule has 1 aliphatic rings. The Morgan fingerprint density at radius 1 is 1.43 bits per heavy atom. The molecule has 2 aromatic rings. The van der Waals surface area contributed by atoms with E-state index in [9.17, 15) is 4.79 Å². The molecule has 0 bridgehead atoms. The predicted molar refractivity (Wildman–Crippen MR) is 91.9 cm³/mol. The number of carbonyl (C=O) groups is 1. The summed E-state index contributed by atoms with van der Waals surface area (Å²) in [5, 5.41) is 4.30. The summed E-state index contributed by atoms with van der Waals surface area (Å²) in [6, 6.07) is 9.78. The Kier molecular flexibility index (Phi) is 6.04. The number of nitrogens with zero attached hydrogens (tertiary/aromatic N) is 1. The lowest BCUT2D eigenvalue weighted by Crippen LogP contribution is -2.42. The molecule has 0 aliphatic carbocycles. The number of amides is 1. The zero-order valence-electron chi connectivity index (χ0n) is 13.5. The van der Waals surface area contributed by atoms with E-state index in [2.05, 4.69) is 5.32 Å². The fourth-order valence-electron chi connectivity index (χ4n) is 2.70. The number of para-hydroxylation sites is 1. The van der Waals surface area contributed by atoms with Crippen molar-refractivity contribution in [2.75, 3.05) is 26.7 Å². The van der Waals surface area contributed by atoms with Crippen molar-refractivity contribution in [3.05, 3.63) is 36.1 Å². The van der Waals surface area contributed by atoms with E-state index >= 15 is 0 Å². The Morgan fingerprint density at radius 2 is 2.22 bits per heavy atom. The van der Waals surface area contributed by atoms with Crippen LogP contribution in [0.1, 0.15) is 25.1 Å². The van der Waals surface area contributed by atoms with Gasteiger partial charge in [-0.3, -0.25) is 4.79 Å². The molecule has 1 N–H and O–H groups in total. The first-order chi connectivity index (χ1) is 10.6. The quantitative estimate of drug-likeness (QED) is 0.931. The number of ether oxygens (including phenoxy) is 1. The van der Waals surface area contributed by atoms with E-state index in [4.69, 9.17) is 9.15 Å². The normalized spacial score (nSPS) is 19.1. The minimum Gasteiger partial charge on any atom is -0.459 e. The second kappa shape index (κ2) is 7.81. The van der Waals surface area contributed by atoms with Crippen LogP contribution >= 0.6 is 12.4 Å². The summed E-state index contributed by atoms with van der Waals surface area (Å²) >= 11 is 0. The van der Waals surface area contributed by atoms with Gasteiger partial charge in [-0.2, -0.15) is 0 Å². The Hall–Kier alpha value is -1.56. The molecular formula is C17H23ClN2O3. The smallest absolute Gasteiger partial charge is 0.225 e. The summed E-state index contributed by atoms with van der Waals surface area (Å²) in [4.78, 5) is 14.1. The summed E-state index contributed by atoms with van der Waals surface area (Å²) in [6.07, 6.45) is 0.361. The number of hydrogen-bond acceptors (Lipinski definition) is 4. The summed E-state index contributed by atoms with van der Waals surface area (Å²) in [5.74, 6) is 0.876. The van der Waals surface area contributed by atoms with Crippen LogP contribution in [0.25, 0.3) is 11.0 Å². The maximum atomic E-state index is 12.4. The Labute approximate surface area is 142 Å². The van der Waals surface area contributed by atoms with E-state index in [0.717, 1.165) is 29.8 Å². The number of nitrogens with one attached hydrogen (secondary N) is 1. The van der Waals surface area contributed by atoms with Crippen molar-refractivity contribution in [1.29, 1.82) is 0 Å². The molecule has 1 aromatic heterocycles. The van der Waals surface area contributed by atoms with Crippen molar-refractivity contribution in [3.63, 3.8) is 0 Å². The number of halogens is 1. The van der Waals surface area contributed by atoms with E-state index < -0.39 is 0 Å². The molecular weight excluding hydrogens is 316 g/mol. The van der Waals surface area contributed by atoms with Gasteiger partial charge in [-0.25, -0.2) is 0 Å². The molecule has 1 fully saturated rings. The third kappa shape index (κ3) is 4.05. The molecule has 5 nitrogen and oxygen atoms in total. The second-order valence-corrected chi connectivity index (χ2v) is 5.77. The van der Waals surface area contributed by atoms with Crippen molar-refractivity contribution in [2.24, 2.45) is 0 Å². The molecule has 1 aliphatic heterocycles. The first-order valence-electron chi connectivity index (χ1n) is 7.71. The molecule has 1 amide bonds. The number of hydrogen-bond donors (Lipinski definition) is 1. The largest absolute Gasteiger partial charge is 0.459 e. The van der Waals surface area contributed by atoms with Crippen molar-refractivity contribution < 1.29 is 13.9 Å². The first kappa shape index (κ1) is 17.8.